The van der Waals surface area contributed by atoms with E-state index in [1.54, 1.807) is 25.3 Å². The third-order valence-corrected chi connectivity index (χ3v) is 10.3. The quantitative estimate of drug-likeness (QED) is 0.204. The third kappa shape index (κ3) is 4.07. The van der Waals surface area contributed by atoms with Crippen LogP contribution in [0.15, 0.2) is 48.7 Å². The van der Waals surface area contributed by atoms with Crippen molar-refractivity contribution in [2.24, 2.45) is 29.4 Å². The van der Waals surface area contributed by atoms with Crippen LogP contribution in [-0.4, -0.2) is 86.1 Å². The molecule has 0 radical (unpaired) electrons. The normalized spacial score (nSPS) is 31.4. The van der Waals surface area contributed by atoms with E-state index in [0.717, 1.165) is 10.4 Å². The Morgan fingerprint density at radius 3 is 2.39 bits per heavy atom. The monoisotopic (exact) mass is 618 g/mol. The maximum atomic E-state index is 14.1. The summed E-state index contributed by atoms with van der Waals surface area (Å²) in [7, 11) is 2.89. The molecule has 0 aliphatic heterocycles. The number of benzene rings is 2. The summed E-state index contributed by atoms with van der Waals surface area (Å²) >= 11 is 1.32. The molecule has 13 heteroatoms. The Hall–Kier alpha value is -4.30. The van der Waals surface area contributed by atoms with Gasteiger partial charge in [-0.25, -0.2) is 4.98 Å². The standard InChI is InChI=1S/C31H30N4O8S/c1-12-14-9-10-15(34-30-33-11-16(44-30)13-7-5-4-6-8-13)23(36)18(14)24(37)19-17(12)25(38)21-22(35(2)3)26(39)20(29(32)42)28(41)31(21,43)27(19)40/h4-12,17,19-22,25,36,38,43H,1-3H3,(H2,32,42)(H,33,34)/t12-,17+,19?,20?,21+,22-,25-,31-/m0/s1. The summed E-state index contributed by atoms with van der Waals surface area (Å²) < 4.78 is 0. The molecular formula is C31H30N4O8S. The maximum absolute atomic E-state index is 14.1. The van der Waals surface area contributed by atoms with Crippen molar-refractivity contribution in [1.82, 2.24) is 9.88 Å². The van der Waals surface area contributed by atoms with E-state index in [9.17, 15) is 39.3 Å². The van der Waals surface area contributed by atoms with Crippen molar-refractivity contribution >= 4 is 51.2 Å². The zero-order chi connectivity index (χ0) is 31.8. The van der Waals surface area contributed by atoms with Crippen molar-refractivity contribution in [3.05, 3.63) is 59.8 Å². The molecule has 44 heavy (non-hydrogen) atoms. The molecule has 1 aromatic heterocycles. The number of carbonyl (C=O) groups is 5. The van der Waals surface area contributed by atoms with E-state index < -0.39 is 82.1 Å². The van der Waals surface area contributed by atoms with Gasteiger partial charge < -0.3 is 26.4 Å². The fourth-order valence-corrected chi connectivity index (χ4v) is 8.11. The number of Topliss-reactive ketones (excluding diaryl/α,β-unsaturated/α-hetero) is 4. The van der Waals surface area contributed by atoms with Crippen molar-refractivity contribution < 1.29 is 39.3 Å². The van der Waals surface area contributed by atoms with E-state index in [1.807, 2.05) is 30.3 Å². The first-order valence-corrected chi connectivity index (χ1v) is 14.8. The minimum atomic E-state index is -3.05. The van der Waals surface area contributed by atoms with E-state index in [2.05, 4.69) is 10.3 Å². The number of thiazole rings is 1. The van der Waals surface area contributed by atoms with Crippen LogP contribution in [0.5, 0.6) is 5.75 Å². The Morgan fingerprint density at radius 1 is 1.07 bits per heavy atom. The number of aliphatic hydroxyl groups is 2. The second-order valence-electron chi connectivity index (χ2n) is 11.8. The van der Waals surface area contributed by atoms with Gasteiger partial charge in [-0.15, -0.1) is 0 Å². The number of nitrogens with two attached hydrogens (primary N) is 1. The number of likely N-dealkylation sites (N-methyl/N-ethyl adjacent to an activating group) is 1. The molecular weight excluding hydrogens is 588 g/mol. The van der Waals surface area contributed by atoms with Gasteiger partial charge in [-0.1, -0.05) is 54.7 Å². The molecule has 6 N–H and O–H groups in total. The maximum Gasteiger partial charge on any atom is 0.235 e. The van der Waals surface area contributed by atoms with Gasteiger partial charge in [0.1, 0.15) is 5.75 Å². The number of primary amides is 1. The molecule has 2 aromatic carbocycles. The van der Waals surface area contributed by atoms with Gasteiger partial charge in [0.2, 0.25) is 5.91 Å². The summed E-state index contributed by atoms with van der Waals surface area (Å²) in [4.78, 5) is 73.7. The number of fused-ring (bicyclic) bond motifs is 3. The van der Waals surface area contributed by atoms with Crippen molar-refractivity contribution in [2.45, 2.75) is 30.6 Å². The fraction of sp³-hybridized carbons (Fsp3) is 0.355. The van der Waals surface area contributed by atoms with E-state index >= 15 is 0 Å². The Morgan fingerprint density at radius 2 is 1.75 bits per heavy atom. The Bertz CT molecular complexity index is 1740. The van der Waals surface area contributed by atoms with Gasteiger partial charge >= 0.3 is 0 Å². The summed E-state index contributed by atoms with van der Waals surface area (Å²) in [6, 6.07) is 11.3. The van der Waals surface area contributed by atoms with Crippen molar-refractivity contribution in [2.75, 3.05) is 19.4 Å². The van der Waals surface area contributed by atoms with Crippen LogP contribution >= 0.6 is 11.3 Å². The molecule has 12 nitrogen and oxygen atoms in total. The molecule has 2 unspecified atom stereocenters. The number of anilines is 2. The zero-order valence-corrected chi connectivity index (χ0v) is 24.7. The molecule has 2 fully saturated rings. The SMILES string of the molecule is C[C@H]1c2ccc(Nc3ncc(-c4ccccc4)s3)c(O)c2C(=O)C2C(=O)[C@]3(O)C(=O)C(C(N)=O)C(=O)[C@@H](N(C)C)[C@@H]3[C@@H](O)[C@@H]21. The summed E-state index contributed by atoms with van der Waals surface area (Å²) in [5.41, 5.74) is 3.55. The van der Waals surface area contributed by atoms with Crippen LogP contribution in [0.4, 0.5) is 10.8 Å². The van der Waals surface area contributed by atoms with Gasteiger partial charge in [-0.3, -0.25) is 28.9 Å². The Labute approximate surface area is 255 Å². The number of nitrogens with zero attached hydrogens (tertiary/aromatic N) is 2. The second-order valence-corrected chi connectivity index (χ2v) is 12.8. The fourth-order valence-electron chi connectivity index (χ4n) is 7.27. The molecule has 1 amide bonds. The van der Waals surface area contributed by atoms with Crippen LogP contribution in [0.2, 0.25) is 0 Å². The number of aromatic hydroxyl groups is 1. The van der Waals surface area contributed by atoms with E-state index in [4.69, 9.17) is 5.73 Å². The van der Waals surface area contributed by atoms with E-state index in [1.165, 1.54) is 30.3 Å². The smallest absolute Gasteiger partial charge is 0.235 e. The lowest BCUT2D eigenvalue weighted by Crippen LogP contribution is -2.77. The molecule has 6 rings (SSSR count). The Balaban J connectivity index is 1.41. The van der Waals surface area contributed by atoms with Crippen LogP contribution < -0.4 is 11.1 Å². The molecule has 3 aromatic rings. The summed E-state index contributed by atoms with van der Waals surface area (Å²) in [6.45, 7) is 1.66. The lowest BCUT2D eigenvalue weighted by atomic mass is 9.49. The molecule has 0 bridgehead atoms. The largest absolute Gasteiger partial charge is 0.505 e. The number of phenolic OH excluding ortho intramolecular Hbond substituents is 1. The molecule has 8 atom stereocenters. The Kier molecular flexibility index (Phi) is 7.04. The number of carbonyl (C=O) groups excluding carboxylic acids is 5. The van der Waals surface area contributed by atoms with E-state index in [-0.39, 0.29) is 11.3 Å². The number of amides is 1. The summed E-state index contributed by atoms with van der Waals surface area (Å²) in [5, 5.41) is 38.3. The van der Waals surface area contributed by atoms with Crippen LogP contribution in [0, 0.1) is 23.7 Å². The number of ketones is 4. The highest BCUT2D eigenvalue weighted by Gasteiger charge is 2.72. The van der Waals surface area contributed by atoms with Crippen molar-refractivity contribution in [3.8, 4) is 16.2 Å². The first kappa shape index (κ1) is 29.8. The predicted octanol–water partition coefficient (Wildman–Crippen LogP) is 1.27. The minimum absolute atomic E-state index is 0.137. The van der Waals surface area contributed by atoms with Gasteiger partial charge in [0.25, 0.3) is 0 Å². The third-order valence-electron chi connectivity index (χ3n) is 9.30. The molecule has 1 heterocycles. The average molecular weight is 619 g/mol. The predicted molar refractivity (Wildman–Crippen MR) is 158 cm³/mol. The van der Waals surface area contributed by atoms with Crippen molar-refractivity contribution in [3.63, 3.8) is 0 Å². The number of phenols is 1. The highest BCUT2D eigenvalue weighted by Crippen LogP contribution is 2.55. The average Bonchev–Trinajstić information content (AvgIpc) is 3.45. The number of hydrogen-bond donors (Lipinski definition) is 5. The minimum Gasteiger partial charge on any atom is -0.505 e. The van der Waals surface area contributed by atoms with Gasteiger partial charge in [0.05, 0.1) is 40.1 Å². The van der Waals surface area contributed by atoms with Gasteiger partial charge in [-0.05, 0) is 37.2 Å². The molecule has 3 aliphatic rings. The van der Waals surface area contributed by atoms with Crippen LogP contribution in [-0.2, 0) is 19.2 Å². The van der Waals surface area contributed by atoms with Crippen LogP contribution in [0.25, 0.3) is 10.4 Å². The molecule has 3 aliphatic carbocycles. The first-order chi connectivity index (χ1) is 20.8. The molecule has 0 saturated heterocycles. The first-order valence-electron chi connectivity index (χ1n) is 14.0. The number of hydrogen-bond acceptors (Lipinski definition) is 12. The number of rotatable bonds is 5. The van der Waals surface area contributed by atoms with E-state index in [0.29, 0.717) is 10.7 Å². The lowest BCUT2D eigenvalue weighted by molar-refractivity contribution is -0.196. The lowest BCUT2D eigenvalue weighted by Gasteiger charge is -2.56. The summed E-state index contributed by atoms with van der Waals surface area (Å²) in [6.07, 6.45) is -0.0169. The highest BCUT2D eigenvalue weighted by atomic mass is 32.1. The topological polar surface area (TPSA) is 200 Å². The molecule has 228 valence electrons. The summed E-state index contributed by atoms with van der Waals surface area (Å²) in [5.74, 6) is -13.7. The number of aromatic nitrogens is 1. The second kappa shape index (κ2) is 10.4. The molecule has 2 saturated carbocycles. The zero-order valence-electron chi connectivity index (χ0n) is 23.9. The van der Waals surface area contributed by atoms with Crippen LogP contribution in [0.1, 0.15) is 28.8 Å². The molecule has 0 spiro atoms. The number of aliphatic hydroxyl groups excluding tert-OH is 1. The number of nitrogens with one attached hydrogen (secondary N) is 1. The highest BCUT2D eigenvalue weighted by molar-refractivity contribution is 7.19. The van der Waals surface area contributed by atoms with Crippen molar-refractivity contribution in [1.29, 1.82) is 0 Å². The van der Waals surface area contributed by atoms with Crippen LogP contribution in [0.3, 0.4) is 0 Å². The van der Waals surface area contributed by atoms with Gasteiger partial charge in [0.15, 0.2) is 39.8 Å². The van der Waals surface area contributed by atoms with Gasteiger partial charge in [0, 0.05) is 12.1 Å². The van der Waals surface area contributed by atoms with Gasteiger partial charge in [-0.2, -0.15) is 0 Å².